The standard InChI is InChI=1S/C17H23ClN2O3/c1-12-5-6-14(13(18)10-12)19-16(21)11-20-7-3-2-4-15(20)17-22-8-9-23-17/h5-6,10,15,17H,2-4,7-9,11H2,1H3,(H,19,21)/t15-/m1/s1. The summed E-state index contributed by atoms with van der Waals surface area (Å²) in [5, 5.41) is 3.47. The number of likely N-dealkylation sites (tertiary alicyclic amines) is 1. The fourth-order valence-electron chi connectivity index (χ4n) is 3.22. The highest BCUT2D eigenvalue weighted by molar-refractivity contribution is 6.33. The fraction of sp³-hybridized carbons (Fsp3) is 0.588. The number of benzene rings is 1. The van der Waals surface area contributed by atoms with Gasteiger partial charge in [0.05, 0.1) is 36.5 Å². The lowest BCUT2D eigenvalue weighted by atomic mass is 10.0. The maximum atomic E-state index is 12.4. The van der Waals surface area contributed by atoms with Crippen LogP contribution in [0.25, 0.3) is 0 Å². The van der Waals surface area contributed by atoms with Gasteiger partial charge in [-0.3, -0.25) is 9.69 Å². The number of rotatable bonds is 4. The van der Waals surface area contributed by atoms with Gasteiger partial charge in [-0.15, -0.1) is 0 Å². The summed E-state index contributed by atoms with van der Waals surface area (Å²) in [6, 6.07) is 5.78. The summed E-state index contributed by atoms with van der Waals surface area (Å²) < 4.78 is 11.3. The molecule has 0 aliphatic carbocycles. The van der Waals surface area contributed by atoms with Gasteiger partial charge in [0, 0.05) is 0 Å². The second kappa shape index (κ2) is 7.62. The molecule has 1 aromatic carbocycles. The average Bonchev–Trinajstić information content (AvgIpc) is 3.05. The largest absolute Gasteiger partial charge is 0.349 e. The highest BCUT2D eigenvalue weighted by atomic mass is 35.5. The van der Waals surface area contributed by atoms with Gasteiger partial charge in [0.1, 0.15) is 0 Å². The summed E-state index contributed by atoms with van der Waals surface area (Å²) in [5.74, 6) is -0.0550. The Hall–Kier alpha value is -1.14. The van der Waals surface area contributed by atoms with Crippen LogP contribution in [-0.4, -0.2) is 49.4 Å². The zero-order valence-corrected chi connectivity index (χ0v) is 14.1. The number of anilines is 1. The Morgan fingerprint density at radius 3 is 2.87 bits per heavy atom. The highest BCUT2D eigenvalue weighted by Gasteiger charge is 2.34. The van der Waals surface area contributed by atoms with Crippen molar-refractivity contribution in [1.29, 1.82) is 0 Å². The number of amides is 1. The van der Waals surface area contributed by atoms with E-state index in [0.29, 0.717) is 30.5 Å². The van der Waals surface area contributed by atoms with Crippen LogP contribution < -0.4 is 5.32 Å². The smallest absolute Gasteiger partial charge is 0.238 e. The van der Waals surface area contributed by atoms with Gasteiger partial charge in [0.15, 0.2) is 6.29 Å². The zero-order valence-electron chi connectivity index (χ0n) is 13.4. The predicted octanol–water partition coefficient (Wildman–Crippen LogP) is 2.81. The lowest BCUT2D eigenvalue weighted by molar-refractivity contribution is -0.127. The van der Waals surface area contributed by atoms with E-state index in [0.717, 1.165) is 31.4 Å². The lowest BCUT2D eigenvalue weighted by Crippen LogP contribution is -2.50. The molecule has 2 heterocycles. The second-order valence-corrected chi connectivity index (χ2v) is 6.58. The van der Waals surface area contributed by atoms with Crippen molar-refractivity contribution in [2.24, 2.45) is 0 Å². The molecule has 2 saturated heterocycles. The van der Waals surface area contributed by atoms with Crippen LogP contribution in [-0.2, 0) is 14.3 Å². The van der Waals surface area contributed by atoms with Gasteiger partial charge in [-0.05, 0) is 44.0 Å². The number of piperidine rings is 1. The Morgan fingerprint density at radius 2 is 2.13 bits per heavy atom. The molecule has 23 heavy (non-hydrogen) atoms. The quantitative estimate of drug-likeness (QED) is 0.917. The van der Waals surface area contributed by atoms with Gasteiger partial charge in [0.2, 0.25) is 5.91 Å². The molecule has 6 heteroatoms. The molecule has 2 aliphatic heterocycles. The third kappa shape index (κ3) is 4.23. The van der Waals surface area contributed by atoms with Crippen molar-refractivity contribution in [2.75, 3.05) is 31.6 Å². The van der Waals surface area contributed by atoms with Crippen molar-refractivity contribution < 1.29 is 14.3 Å². The Kier molecular flexibility index (Phi) is 5.54. The van der Waals surface area contributed by atoms with E-state index in [2.05, 4.69) is 10.2 Å². The van der Waals surface area contributed by atoms with Crippen LogP contribution in [0.5, 0.6) is 0 Å². The van der Waals surface area contributed by atoms with E-state index in [9.17, 15) is 4.79 Å². The normalized spacial score (nSPS) is 23.1. The molecule has 3 rings (SSSR count). The van der Waals surface area contributed by atoms with Crippen molar-refractivity contribution in [1.82, 2.24) is 4.90 Å². The van der Waals surface area contributed by atoms with Crippen LogP contribution >= 0.6 is 11.6 Å². The SMILES string of the molecule is Cc1ccc(NC(=O)CN2CCCC[C@@H]2C2OCCO2)c(Cl)c1. The number of carbonyl (C=O) groups is 1. The summed E-state index contributed by atoms with van der Waals surface area (Å²) in [5.41, 5.74) is 1.73. The summed E-state index contributed by atoms with van der Waals surface area (Å²) in [7, 11) is 0. The zero-order chi connectivity index (χ0) is 16.2. The first-order valence-electron chi connectivity index (χ1n) is 8.17. The summed E-state index contributed by atoms with van der Waals surface area (Å²) in [6.07, 6.45) is 3.05. The van der Waals surface area contributed by atoms with Crippen LogP contribution in [0.15, 0.2) is 18.2 Å². The van der Waals surface area contributed by atoms with E-state index in [1.165, 1.54) is 0 Å². The van der Waals surface area contributed by atoms with Crippen molar-refractivity contribution in [3.05, 3.63) is 28.8 Å². The molecule has 1 amide bonds. The van der Waals surface area contributed by atoms with E-state index < -0.39 is 0 Å². The lowest BCUT2D eigenvalue weighted by Gasteiger charge is -2.37. The number of aryl methyl sites for hydroxylation is 1. The number of halogens is 1. The molecular formula is C17H23ClN2O3. The fourth-order valence-corrected chi connectivity index (χ4v) is 3.50. The maximum Gasteiger partial charge on any atom is 0.238 e. The molecule has 1 aromatic rings. The van der Waals surface area contributed by atoms with Gasteiger partial charge < -0.3 is 14.8 Å². The minimum atomic E-state index is -0.203. The molecule has 2 aliphatic rings. The molecule has 0 spiro atoms. The highest BCUT2D eigenvalue weighted by Crippen LogP contribution is 2.25. The van der Waals surface area contributed by atoms with E-state index >= 15 is 0 Å². The third-order valence-corrected chi connectivity index (χ3v) is 4.68. The maximum absolute atomic E-state index is 12.4. The molecule has 126 valence electrons. The van der Waals surface area contributed by atoms with E-state index in [-0.39, 0.29) is 18.2 Å². The third-order valence-electron chi connectivity index (χ3n) is 4.37. The van der Waals surface area contributed by atoms with Crippen molar-refractivity contribution in [3.8, 4) is 0 Å². The van der Waals surface area contributed by atoms with E-state index in [1.807, 2.05) is 25.1 Å². The first-order valence-corrected chi connectivity index (χ1v) is 8.54. The van der Waals surface area contributed by atoms with Crippen molar-refractivity contribution >= 4 is 23.2 Å². The summed E-state index contributed by atoms with van der Waals surface area (Å²) >= 11 is 6.18. The average molecular weight is 339 g/mol. The molecule has 0 bridgehead atoms. The summed E-state index contributed by atoms with van der Waals surface area (Å²) in [4.78, 5) is 14.5. The van der Waals surface area contributed by atoms with Gasteiger partial charge in [0.25, 0.3) is 0 Å². The van der Waals surface area contributed by atoms with Crippen LogP contribution in [0.1, 0.15) is 24.8 Å². The van der Waals surface area contributed by atoms with Crippen LogP contribution in [0.4, 0.5) is 5.69 Å². The molecule has 1 atom stereocenters. The Labute approximate surface area is 141 Å². The number of hydrogen-bond acceptors (Lipinski definition) is 4. The number of nitrogens with zero attached hydrogens (tertiary/aromatic N) is 1. The molecule has 0 saturated carbocycles. The van der Waals surface area contributed by atoms with Gasteiger partial charge in [-0.25, -0.2) is 0 Å². The first kappa shape index (κ1) is 16.7. The number of ether oxygens (including phenoxy) is 2. The Morgan fingerprint density at radius 1 is 1.35 bits per heavy atom. The first-order chi connectivity index (χ1) is 11.1. The minimum Gasteiger partial charge on any atom is -0.349 e. The van der Waals surface area contributed by atoms with Crippen LogP contribution in [0.2, 0.25) is 5.02 Å². The molecule has 5 nitrogen and oxygen atoms in total. The van der Waals surface area contributed by atoms with Crippen molar-refractivity contribution in [2.45, 2.75) is 38.5 Å². The Bertz CT molecular complexity index is 561. The number of hydrogen-bond donors (Lipinski definition) is 1. The summed E-state index contributed by atoms with van der Waals surface area (Å²) in [6.45, 7) is 4.47. The molecular weight excluding hydrogens is 316 g/mol. The number of nitrogens with one attached hydrogen (secondary N) is 1. The van der Waals surface area contributed by atoms with Crippen molar-refractivity contribution in [3.63, 3.8) is 0 Å². The molecule has 0 unspecified atom stereocenters. The van der Waals surface area contributed by atoms with Gasteiger partial charge in [-0.1, -0.05) is 24.1 Å². The molecule has 0 radical (unpaired) electrons. The Balaban J connectivity index is 1.61. The van der Waals surface area contributed by atoms with Crippen LogP contribution in [0, 0.1) is 6.92 Å². The molecule has 1 N–H and O–H groups in total. The van der Waals surface area contributed by atoms with Crippen LogP contribution in [0.3, 0.4) is 0 Å². The predicted molar refractivity (Wildman–Crippen MR) is 89.7 cm³/mol. The van der Waals surface area contributed by atoms with Gasteiger partial charge >= 0.3 is 0 Å². The topological polar surface area (TPSA) is 50.8 Å². The van der Waals surface area contributed by atoms with E-state index in [1.54, 1.807) is 0 Å². The monoisotopic (exact) mass is 338 g/mol. The van der Waals surface area contributed by atoms with Gasteiger partial charge in [-0.2, -0.15) is 0 Å². The molecule has 0 aromatic heterocycles. The number of carbonyl (C=O) groups excluding carboxylic acids is 1. The van der Waals surface area contributed by atoms with E-state index in [4.69, 9.17) is 21.1 Å². The second-order valence-electron chi connectivity index (χ2n) is 6.18. The molecule has 2 fully saturated rings. The minimum absolute atomic E-state index is 0.0550.